The van der Waals surface area contributed by atoms with E-state index in [2.05, 4.69) is 4.98 Å². The fourth-order valence-corrected chi connectivity index (χ4v) is 4.00. The summed E-state index contributed by atoms with van der Waals surface area (Å²) in [5.74, 6) is -0.256. The van der Waals surface area contributed by atoms with Gasteiger partial charge in [-0.05, 0) is 49.1 Å². The maximum atomic E-state index is 12.9. The Balaban J connectivity index is 2.11. The van der Waals surface area contributed by atoms with Crippen LogP contribution in [0.15, 0.2) is 39.6 Å². The first-order chi connectivity index (χ1) is 12.0. The second kappa shape index (κ2) is 7.59. The molecular weight excluding hydrogens is 380 g/mol. The van der Waals surface area contributed by atoms with Crippen LogP contribution in [-0.4, -0.2) is 27.9 Å². The molecular formula is C17H15ClN2O3S2. The molecule has 8 heteroatoms. The number of fused-ring (bicyclic) bond motifs is 1. The van der Waals surface area contributed by atoms with Crippen molar-refractivity contribution < 1.29 is 9.53 Å². The molecule has 0 atom stereocenters. The first-order valence-corrected chi connectivity index (χ1v) is 9.80. The highest BCUT2D eigenvalue weighted by atomic mass is 35.5. The van der Waals surface area contributed by atoms with Crippen LogP contribution in [0.1, 0.15) is 12.5 Å². The zero-order valence-corrected chi connectivity index (χ0v) is 16.0. The molecule has 3 rings (SSSR count). The van der Waals surface area contributed by atoms with Gasteiger partial charge in [0, 0.05) is 5.02 Å². The van der Waals surface area contributed by atoms with Gasteiger partial charge in [-0.1, -0.05) is 23.4 Å². The van der Waals surface area contributed by atoms with Crippen LogP contribution >= 0.6 is 34.7 Å². The minimum absolute atomic E-state index is 0.0858. The summed E-state index contributed by atoms with van der Waals surface area (Å²) < 4.78 is 7.05. The first-order valence-electron chi connectivity index (χ1n) is 7.56. The first kappa shape index (κ1) is 18.0. The number of carbonyl (C=O) groups excluding carboxylic acids is 1. The average molecular weight is 395 g/mol. The standard InChI is InChI=1S/C17H15ClN2O3S2/c1-3-23-14(21)9-25-17-19-13-6-7-24-15(13)16(22)20(17)11-4-5-12(18)10(2)8-11/h4-8H,3,9H2,1-2H3. The highest BCUT2D eigenvalue weighted by Crippen LogP contribution is 2.25. The Kier molecular flexibility index (Phi) is 5.46. The van der Waals surface area contributed by atoms with Crippen molar-refractivity contribution in [2.45, 2.75) is 19.0 Å². The second-order valence-electron chi connectivity index (χ2n) is 5.20. The number of thioether (sulfide) groups is 1. The normalized spacial score (nSPS) is 11.0. The molecule has 0 saturated carbocycles. The highest BCUT2D eigenvalue weighted by Gasteiger charge is 2.16. The SMILES string of the molecule is CCOC(=O)CSc1nc2ccsc2c(=O)n1-c1ccc(Cl)c(C)c1. The Bertz CT molecular complexity index is 997. The Hall–Kier alpha value is -1.83. The van der Waals surface area contributed by atoms with Gasteiger partial charge < -0.3 is 4.74 Å². The minimum atomic E-state index is -0.342. The summed E-state index contributed by atoms with van der Waals surface area (Å²) in [6.45, 7) is 3.95. The molecule has 130 valence electrons. The van der Waals surface area contributed by atoms with Crippen molar-refractivity contribution in [2.75, 3.05) is 12.4 Å². The average Bonchev–Trinajstić information content (AvgIpc) is 3.05. The largest absolute Gasteiger partial charge is 0.465 e. The Morgan fingerprint density at radius 1 is 1.40 bits per heavy atom. The molecule has 1 aromatic carbocycles. The van der Waals surface area contributed by atoms with Crippen molar-refractivity contribution >= 4 is 50.9 Å². The molecule has 0 bridgehead atoms. The molecule has 0 aliphatic carbocycles. The Morgan fingerprint density at radius 2 is 2.20 bits per heavy atom. The number of aryl methyl sites for hydroxylation is 1. The van der Waals surface area contributed by atoms with E-state index in [1.165, 1.54) is 27.7 Å². The lowest BCUT2D eigenvalue weighted by Crippen LogP contribution is -2.21. The van der Waals surface area contributed by atoms with Gasteiger partial charge in [0.15, 0.2) is 5.16 Å². The van der Waals surface area contributed by atoms with E-state index in [0.717, 1.165) is 5.56 Å². The van der Waals surface area contributed by atoms with Crippen LogP contribution in [0.5, 0.6) is 0 Å². The quantitative estimate of drug-likeness (QED) is 0.371. The van der Waals surface area contributed by atoms with Crippen molar-refractivity contribution in [3.8, 4) is 5.69 Å². The number of carbonyl (C=O) groups is 1. The third kappa shape index (κ3) is 3.73. The van der Waals surface area contributed by atoms with Crippen molar-refractivity contribution in [1.82, 2.24) is 9.55 Å². The third-order valence-electron chi connectivity index (χ3n) is 3.47. The van der Waals surface area contributed by atoms with Gasteiger partial charge in [0.25, 0.3) is 5.56 Å². The van der Waals surface area contributed by atoms with Crippen molar-refractivity contribution in [1.29, 1.82) is 0 Å². The van der Waals surface area contributed by atoms with E-state index in [9.17, 15) is 9.59 Å². The molecule has 0 amide bonds. The lowest BCUT2D eigenvalue weighted by molar-refractivity contribution is -0.139. The summed E-state index contributed by atoms with van der Waals surface area (Å²) in [6.07, 6.45) is 0. The van der Waals surface area contributed by atoms with Gasteiger partial charge in [-0.25, -0.2) is 4.98 Å². The van der Waals surface area contributed by atoms with Gasteiger partial charge in [0.05, 0.1) is 23.6 Å². The van der Waals surface area contributed by atoms with E-state index in [-0.39, 0.29) is 17.3 Å². The van der Waals surface area contributed by atoms with Crippen LogP contribution in [0.2, 0.25) is 5.02 Å². The monoisotopic (exact) mass is 394 g/mol. The lowest BCUT2D eigenvalue weighted by atomic mass is 10.2. The molecule has 3 aromatic rings. The van der Waals surface area contributed by atoms with Crippen molar-refractivity contribution in [3.05, 3.63) is 50.6 Å². The number of thiophene rings is 1. The minimum Gasteiger partial charge on any atom is -0.465 e. The van der Waals surface area contributed by atoms with Gasteiger partial charge in [0.1, 0.15) is 4.70 Å². The molecule has 0 spiro atoms. The van der Waals surface area contributed by atoms with Gasteiger partial charge in [-0.3, -0.25) is 14.2 Å². The summed E-state index contributed by atoms with van der Waals surface area (Å²) >= 11 is 8.63. The van der Waals surface area contributed by atoms with Gasteiger partial charge in [-0.15, -0.1) is 11.3 Å². The summed E-state index contributed by atoms with van der Waals surface area (Å²) in [6, 6.07) is 7.15. The van der Waals surface area contributed by atoms with Gasteiger partial charge in [-0.2, -0.15) is 0 Å². The molecule has 5 nitrogen and oxygen atoms in total. The molecule has 2 aromatic heterocycles. The van der Waals surface area contributed by atoms with E-state index in [0.29, 0.717) is 32.7 Å². The fourth-order valence-electron chi connectivity index (χ4n) is 2.31. The number of rotatable bonds is 5. The highest BCUT2D eigenvalue weighted by molar-refractivity contribution is 7.99. The molecule has 0 aliphatic rings. The number of ether oxygens (including phenoxy) is 1. The van der Waals surface area contributed by atoms with Gasteiger partial charge >= 0.3 is 5.97 Å². The molecule has 0 N–H and O–H groups in total. The number of aromatic nitrogens is 2. The van der Waals surface area contributed by atoms with Gasteiger partial charge in [0.2, 0.25) is 0 Å². The van der Waals surface area contributed by atoms with E-state index in [1.54, 1.807) is 25.1 Å². The smallest absolute Gasteiger partial charge is 0.316 e. The van der Waals surface area contributed by atoms with Crippen LogP contribution in [0.4, 0.5) is 0 Å². The zero-order valence-electron chi connectivity index (χ0n) is 13.6. The van der Waals surface area contributed by atoms with Crippen LogP contribution in [0.25, 0.3) is 15.9 Å². The second-order valence-corrected chi connectivity index (χ2v) is 7.46. The van der Waals surface area contributed by atoms with E-state index < -0.39 is 0 Å². The predicted octanol–water partition coefficient (Wildman–Crippen LogP) is 4.06. The Labute approximate surface area is 157 Å². The van der Waals surface area contributed by atoms with Crippen LogP contribution in [0.3, 0.4) is 0 Å². The molecule has 0 aliphatic heterocycles. The fraction of sp³-hybridized carbons (Fsp3) is 0.235. The summed E-state index contributed by atoms with van der Waals surface area (Å²) in [5, 5.41) is 2.91. The lowest BCUT2D eigenvalue weighted by Gasteiger charge is -2.13. The molecule has 25 heavy (non-hydrogen) atoms. The number of halogens is 1. The van der Waals surface area contributed by atoms with Crippen LogP contribution < -0.4 is 5.56 Å². The van der Waals surface area contributed by atoms with Crippen LogP contribution in [-0.2, 0) is 9.53 Å². The molecule has 0 radical (unpaired) electrons. The maximum Gasteiger partial charge on any atom is 0.316 e. The molecule has 2 heterocycles. The maximum absolute atomic E-state index is 12.9. The zero-order chi connectivity index (χ0) is 18.0. The summed E-state index contributed by atoms with van der Waals surface area (Å²) in [4.78, 5) is 29.2. The number of benzene rings is 1. The third-order valence-corrected chi connectivity index (χ3v) is 5.70. The number of hydrogen-bond acceptors (Lipinski definition) is 6. The topological polar surface area (TPSA) is 61.2 Å². The van der Waals surface area contributed by atoms with E-state index in [1.807, 2.05) is 18.4 Å². The predicted molar refractivity (Wildman–Crippen MR) is 102 cm³/mol. The Morgan fingerprint density at radius 3 is 2.92 bits per heavy atom. The molecule has 0 saturated heterocycles. The van der Waals surface area contributed by atoms with E-state index >= 15 is 0 Å². The van der Waals surface area contributed by atoms with Crippen LogP contribution in [0, 0.1) is 6.92 Å². The van der Waals surface area contributed by atoms with E-state index in [4.69, 9.17) is 16.3 Å². The number of esters is 1. The molecule has 0 unspecified atom stereocenters. The van der Waals surface area contributed by atoms with Crippen molar-refractivity contribution in [3.63, 3.8) is 0 Å². The number of hydrogen-bond donors (Lipinski definition) is 0. The molecule has 0 fully saturated rings. The van der Waals surface area contributed by atoms with Crippen molar-refractivity contribution in [2.24, 2.45) is 0 Å². The summed E-state index contributed by atoms with van der Waals surface area (Å²) in [7, 11) is 0. The summed E-state index contributed by atoms with van der Waals surface area (Å²) in [5.41, 5.74) is 2.00. The number of nitrogens with zero attached hydrogens (tertiary/aromatic N) is 2.